The first-order chi connectivity index (χ1) is 4.57. The van der Waals surface area contributed by atoms with Crippen molar-refractivity contribution in [2.24, 2.45) is 5.73 Å². The average Bonchev–Trinajstić information content (AvgIpc) is 1.87. The molecule has 0 saturated carbocycles. The number of hydrogen-bond donors (Lipinski definition) is 2. The molecule has 3 N–H and O–H groups in total. The molecule has 0 radical (unpaired) electrons. The van der Waals surface area contributed by atoms with Crippen LogP contribution in [-0.2, 0) is 9.59 Å². The smallest absolute Gasteiger partial charge is 0.237 e. The van der Waals surface area contributed by atoms with Crippen LogP contribution in [0.4, 0.5) is 0 Å². The minimum atomic E-state index is -0.553. The molecule has 10 heavy (non-hydrogen) atoms. The zero-order valence-corrected chi connectivity index (χ0v) is 6.13. The van der Waals surface area contributed by atoms with E-state index in [0.717, 1.165) is 0 Å². The Balaban J connectivity index is 3.68. The topological polar surface area (TPSA) is 72.2 Å². The van der Waals surface area contributed by atoms with Gasteiger partial charge in [0.05, 0.1) is 12.1 Å². The van der Waals surface area contributed by atoms with Crippen LogP contribution in [0, 0.1) is 0 Å². The molecule has 0 spiro atoms. The molecule has 2 atom stereocenters. The lowest BCUT2D eigenvalue weighted by atomic mass is 10.3. The van der Waals surface area contributed by atoms with Gasteiger partial charge in [-0.1, -0.05) is 0 Å². The van der Waals surface area contributed by atoms with Gasteiger partial charge in [0.25, 0.3) is 0 Å². The summed E-state index contributed by atoms with van der Waals surface area (Å²) in [6.45, 7) is 3.15. The van der Waals surface area contributed by atoms with Crippen LogP contribution in [0.5, 0.6) is 0 Å². The first-order valence-electron chi connectivity index (χ1n) is 3.09. The molecule has 0 unspecified atom stereocenters. The van der Waals surface area contributed by atoms with Crippen LogP contribution in [-0.4, -0.2) is 24.3 Å². The molecule has 0 aromatic carbocycles. The second-order valence-corrected chi connectivity index (χ2v) is 2.22. The molecule has 0 aromatic heterocycles. The second kappa shape index (κ2) is 4.00. The highest BCUT2D eigenvalue weighted by Crippen LogP contribution is 1.78. The van der Waals surface area contributed by atoms with Gasteiger partial charge in [-0.05, 0) is 13.8 Å². The lowest BCUT2D eigenvalue weighted by Crippen LogP contribution is -2.43. The molecule has 4 heteroatoms. The van der Waals surface area contributed by atoms with E-state index in [2.05, 4.69) is 5.32 Å². The van der Waals surface area contributed by atoms with Crippen LogP contribution in [0.2, 0.25) is 0 Å². The molecule has 0 aliphatic heterocycles. The van der Waals surface area contributed by atoms with Gasteiger partial charge in [0.15, 0.2) is 0 Å². The standard InChI is InChI=1S/C6H12N2O2/c1-4(3-9)8-6(10)5(2)7/h3-5H,7H2,1-2H3,(H,8,10)/t4-,5+/m1/s1. The molecular weight excluding hydrogens is 132 g/mol. The van der Waals surface area contributed by atoms with Crippen LogP contribution in [0.3, 0.4) is 0 Å². The number of aldehydes is 1. The first-order valence-corrected chi connectivity index (χ1v) is 3.09. The van der Waals surface area contributed by atoms with Gasteiger partial charge in [0, 0.05) is 0 Å². The molecule has 0 bridgehead atoms. The zero-order valence-electron chi connectivity index (χ0n) is 6.13. The van der Waals surface area contributed by atoms with Crippen LogP contribution in [0.1, 0.15) is 13.8 Å². The van der Waals surface area contributed by atoms with Gasteiger partial charge in [-0.15, -0.1) is 0 Å². The Hall–Kier alpha value is -0.900. The SMILES string of the molecule is C[C@H](C=O)NC(=O)[C@H](C)N. The molecular formula is C6H12N2O2. The zero-order chi connectivity index (χ0) is 8.15. The number of carbonyl (C=O) groups is 2. The predicted octanol–water partition coefficient (Wildman–Crippen LogP) is -0.963. The number of nitrogens with two attached hydrogens (primary N) is 1. The highest BCUT2D eigenvalue weighted by molar-refractivity contribution is 5.83. The first kappa shape index (κ1) is 9.10. The Morgan fingerprint density at radius 1 is 1.60 bits per heavy atom. The fourth-order valence-corrected chi connectivity index (χ4v) is 0.390. The van der Waals surface area contributed by atoms with Gasteiger partial charge in [-0.25, -0.2) is 0 Å². The van der Waals surface area contributed by atoms with Crippen molar-refractivity contribution in [1.82, 2.24) is 5.32 Å². The molecule has 0 heterocycles. The average molecular weight is 144 g/mol. The molecule has 4 nitrogen and oxygen atoms in total. The maximum Gasteiger partial charge on any atom is 0.237 e. The van der Waals surface area contributed by atoms with Crippen LogP contribution >= 0.6 is 0 Å². The van der Waals surface area contributed by atoms with Crippen molar-refractivity contribution in [3.8, 4) is 0 Å². The fourth-order valence-electron chi connectivity index (χ4n) is 0.390. The van der Waals surface area contributed by atoms with Crippen LogP contribution in [0.25, 0.3) is 0 Å². The number of hydrogen-bond acceptors (Lipinski definition) is 3. The van der Waals surface area contributed by atoms with Crippen molar-refractivity contribution in [3.63, 3.8) is 0 Å². The fraction of sp³-hybridized carbons (Fsp3) is 0.667. The maximum atomic E-state index is 10.7. The van der Waals surface area contributed by atoms with Crippen molar-refractivity contribution in [1.29, 1.82) is 0 Å². The van der Waals surface area contributed by atoms with E-state index in [4.69, 9.17) is 5.73 Å². The third kappa shape index (κ3) is 3.19. The maximum absolute atomic E-state index is 10.7. The summed E-state index contributed by atoms with van der Waals surface area (Å²) in [7, 11) is 0. The molecule has 58 valence electrons. The molecule has 0 rings (SSSR count). The lowest BCUT2D eigenvalue weighted by molar-refractivity contribution is -0.124. The van der Waals surface area contributed by atoms with Gasteiger partial charge in [0.2, 0.25) is 5.91 Å². The van der Waals surface area contributed by atoms with E-state index < -0.39 is 12.1 Å². The molecule has 0 aliphatic rings. The highest BCUT2D eigenvalue weighted by atomic mass is 16.2. The summed E-state index contributed by atoms with van der Waals surface area (Å²) in [6.07, 6.45) is 0.653. The number of carbonyl (C=O) groups excluding carboxylic acids is 2. The third-order valence-electron chi connectivity index (χ3n) is 0.988. The number of nitrogens with one attached hydrogen (secondary N) is 1. The summed E-state index contributed by atoms with van der Waals surface area (Å²) in [4.78, 5) is 20.7. The number of amides is 1. The number of rotatable bonds is 3. The van der Waals surface area contributed by atoms with Gasteiger partial charge in [-0.3, -0.25) is 4.79 Å². The summed E-state index contributed by atoms with van der Waals surface area (Å²) in [6, 6.07) is -0.999. The lowest BCUT2D eigenvalue weighted by Gasteiger charge is -2.08. The van der Waals surface area contributed by atoms with Gasteiger partial charge in [0.1, 0.15) is 6.29 Å². The quantitative estimate of drug-likeness (QED) is 0.501. The Labute approximate surface area is 59.8 Å². The summed E-state index contributed by atoms with van der Waals surface area (Å²) in [5.74, 6) is -0.306. The molecule has 1 amide bonds. The normalized spacial score (nSPS) is 15.5. The minimum absolute atomic E-state index is 0.306. The third-order valence-corrected chi connectivity index (χ3v) is 0.988. The molecule has 0 aliphatic carbocycles. The van der Waals surface area contributed by atoms with Crippen molar-refractivity contribution in [2.75, 3.05) is 0 Å². The Kier molecular flexibility index (Phi) is 3.64. The summed E-state index contributed by atoms with van der Waals surface area (Å²) < 4.78 is 0. The van der Waals surface area contributed by atoms with Gasteiger partial charge >= 0.3 is 0 Å². The van der Waals surface area contributed by atoms with Crippen LogP contribution < -0.4 is 11.1 Å². The summed E-state index contributed by atoms with van der Waals surface area (Å²) >= 11 is 0. The Morgan fingerprint density at radius 3 is 2.40 bits per heavy atom. The highest BCUT2D eigenvalue weighted by Gasteiger charge is 2.08. The van der Waals surface area contributed by atoms with E-state index in [0.29, 0.717) is 6.29 Å². The largest absolute Gasteiger partial charge is 0.346 e. The minimum Gasteiger partial charge on any atom is -0.346 e. The van der Waals surface area contributed by atoms with Crippen molar-refractivity contribution >= 4 is 12.2 Å². The van der Waals surface area contributed by atoms with E-state index >= 15 is 0 Å². The van der Waals surface area contributed by atoms with E-state index in [9.17, 15) is 9.59 Å². The molecule has 0 fully saturated rings. The van der Waals surface area contributed by atoms with E-state index in [-0.39, 0.29) is 5.91 Å². The van der Waals surface area contributed by atoms with E-state index in [1.165, 1.54) is 0 Å². The van der Waals surface area contributed by atoms with Crippen molar-refractivity contribution in [3.05, 3.63) is 0 Å². The van der Waals surface area contributed by atoms with E-state index in [1.54, 1.807) is 13.8 Å². The second-order valence-electron chi connectivity index (χ2n) is 2.22. The Bertz CT molecular complexity index is 134. The molecule has 0 aromatic rings. The summed E-state index contributed by atoms with van der Waals surface area (Å²) in [5.41, 5.74) is 5.21. The Morgan fingerprint density at radius 2 is 2.10 bits per heavy atom. The van der Waals surface area contributed by atoms with Gasteiger partial charge < -0.3 is 15.8 Å². The predicted molar refractivity (Wildman–Crippen MR) is 37.3 cm³/mol. The van der Waals surface area contributed by atoms with E-state index in [1.807, 2.05) is 0 Å². The van der Waals surface area contributed by atoms with Crippen molar-refractivity contribution in [2.45, 2.75) is 25.9 Å². The monoisotopic (exact) mass is 144 g/mol. The van der Waals surface area contributed by atoms with Crippen LogP contribution in [0.15, 0.2) is 0 Å². The summed E-state index contributed by atoms with van der Waals surface area (Å²) in [5, 5.41) is 2.40. The van der Waals surface area contributed by atoms with Crippen molar-refractivity contribution < 1.29 is 9.59 Å². The molecule has 0 saturated heterocycles. The van der Waals surface area contributed by atoms with Gasteiger partial charge in [-0.2, -0.15) is 0 Å².